The van der Waals surface area contributed by atoms with Gasteiger partial charge in [0.2, 0.25) is 0 Å². The van der Waals surface area contributed by atoms with Gasteiger partial charge >= 0.3 is 5.97 Å². The van der Waals surface area contributed by atoms with Crippen molar-refractivity contribution in [3.8, 4) is 0 Å². The molecule has 6 unspecified atom stereocenters. The molecule has 0 spiro atoms. The van der Waals surface area contributed by atoms with Crippen molar-refractivity contribution in [1.29, 1.82) is 0 Å². The molecule has 4 nitrogen and oxygen atoms in total. The molecular formula is C24H43NO3S. The number of hydrogen-bond acceptors (Lipinski definition) is 5. The molecule has 0 bridgehead atoms. The molecule has 1 heterocycles. The smallest absolute Gasteiger partial charge is 0.331 e. The van der Waals surface area contributed by atoms with Gasteiger partial charge in [0, 0.05) is 18.2 Å². The van der Waals surface area contributed by atoms with Crippen LogP contribution in [0.3, 0.4) is 0 Å². The van der Waals surface area contributed by atoms with Gasteiger partial charge in [-0.2, -0.15) is 0 Å². The first kappa shape index (κ1) is 24.7. The van der Waals surface area contributed by atoms with Crippen LogP contribution in [0.5, 0.6) is 0 Å². The summed E-state index contributed by atoms with van der Waals surface area (Å²) in [5.74, 6) is 1.17. The summed E-state index contributed by atoms with van der Waals surface area (Å²) in [4.78, 5) is 12.1. The first-order chi connectivity index (χ1) is 14.0. The van der Waals surface area contributed by atoms with Crippen molar-refractivity contribution in [3.05, 3.63) is 11.5 Å². The number of aliphatic hydroxyl groups excluding tert-OH is 1. The molecule has 6 atom stereocenters. The number of fused-ring (bicyclic) bond motifs is 1. The molecule has 2 fully saturated rings. The first-order valence-electron chi connectivity index (χ1n) is 11.9. The van der Waals surface area contributed by atoms with Crippen LogP contribution in [0.4, 0.5) is 0 Å². The molecule has 0 radical (unpaired) electrons. The van der Waals surface area contributed by atoms with E-state index in [-0.39, 0.29) is 24.2 Å². The van der Waals surface area contributed by atoms with Crippen LogP contribution < -0.4 is 5.32 Å². The van der Waals surface area contributed by atoms with Crippen LogP contribution in [-0.2, 0) is 9.53 Å². The zero-order valence-corrected chi connectivity index (χ0v) is 19.6. The Morgan fingerprint density at radius 2 is 2.03 bits per heavy atom. The first-order valence-corrected chi connectivity index (χ1v) is 13.2. The van der Waals surface area contributed by atoms with Crippen molar-refractivity contribution in [1.82, 2.24) is 5.32 Å². The second-order valence-corrected chi connectivity index (χ2v) is 9.84. The Hall–Kier alpha value is -0.520. The zero-order valence-electron chi connectivity index (χ0n) is 18.8. The molecule has 1 saturated carbocycles. The highest BCUT2D eigenvalue weighted by Crippen LogP contribution is 2.40. The molecule has 168 valence electrons. The summed E-state index contributed by atoms with van der Waals surface area (Å²) < 4.78 is 5.78. The number of nitrogens with one attached hydrogen (secondary N) is 1. The Morgan fingerprint density at radius 3 is 2.79 bits per heavy atom. The average Bonchev–Trinajstić information content (AvgIpc) is 2.70. The number of unbranched alkanes of at least 4 members (excludes halogenated alkanes) is 3. The molecular weight excluding hydrogens is 382 g/mol. The molecule has 2 aliphatic rings. The van der Waals surface area contributed by atoms with Crippen molar-refractivity contribution in [2.45, 2.75) is 115 Å². The van der Waals surface area contributed by atoms with E-state index in [2.05, 4.69) is 19.2 Å². The number of ether oxygens (including phenoxy) is 1. The van der Waals surface area contributed by atoms with E-state index < -0.39 is 0 Å². The van der Waals surface area contributed by atoms with E-state index in [1.165, 1.54) is 56.7 Å². The van der Waals surface area contributed by atoms with Gasteiger partial charge in [0.15, 0.2) is 0 Å². The number of esters is 1. The number of aliphatic hydroxyl groups is 1. The van der Waals surface area contributed by atoms with Crippen molar-refractivity contribution in [2.24, 2.45) is 11.8 Å². The quantitative estimate of drug-likeness (QED) is 0.248. The maximum Gasteiger partial charge on any atom is 0.331 e. The van der Waals surface area contributed by atoms with Crippen LogP contribution in [0.1, 0.15) is 90.9 Å². The predicted octanol–water partition coefficient (Wildman–Crippen LogP) is 5.44. The van der Waals surface area contributed by atoms with Crippen LogP contribution in [0, 0.1) is 11.8 Å². The Bertz CT molecular complexity index is 499. The van der Waals surface area contributed by atoms with Gasteiger partial charge < -0.3 is 15.2 Å². The summed E-state index contributed by atoms with van der Waals surface area (Å²) in [7, 11) is 0. The van der Waals surface area contributed by atoms with Crippen LogP contribution in [0.2, 0.25) is 0 Å². The summed E-state index contributed by atoms with van der Waals surface area (Å²) >= 11 is 1.52. The van der Waals surface area contributed by atoms with E-state index in [1.807, 2.05) is 6.26 Å². The summed E-state index contributed by atoms with van der Waals surface area (Å²) in [6, 6.07) is 0.820. The number of hydrogen-bond donors (Lipinski definition) is 2. The van der Waals surface area contributed by atoms with Gasteiger partial charge in [-0.3, -0.25) is 0 Å². The maximum absolute atomic E-state index is 12.1. The molecule has 0 aromatic heterocycles. The molecule has 1 aliphatic carbocycles. The lowest BCUT2D eigenvalue weighted by Gasteiger charge is -2.47. The summed E-state index contributed by atoms with van der Waals surface area (Å²) in [5.41, 5.74) is 0. The average molecular weight is 426 g/mol. The fourth-order valence-corrected chi connectivity index (χ4v) is 5.52. The molecule has 0 aromatic rings. The van der Waals surface area contributed by atoms with E-state index in [0.29, 0.717) is 12.0 Å². The number of thioether (sulfide) groups is 1. The molecule has 0 aromatic carbocycles. The second-order valence-electron chi connectivity index (χ2n) is 9.10. The molecule has 5 heteroatoms. The minimum Gasteiger partial charge on any atom is -0.458 e. The van der Waals surface area contributed by atoms with Gasteiger partial charge in [-0.1, -0.05) is 58.3 Å². The van der Waals surface area contributed by atoms with Crippen LogP contribution in [-0.4, -0.2) is 41.6 Å². The van der Waals surface area contributed by atoms with E-state index in [9.17, 15) is 9.90 Å². The highest BCUT2D eigenvalue weighted by atomic mass is 32.2. The topological polar surface area (TPSA) is 58.6 Å². The van der Waals surface area contributed by atoms with Crippen LogP contribution in [0.25, 0.3) is 0 Å². The van der Waals surface area contributed by atoms with Crippen molar-refractivity contribution in [2.75, 3.05) is 6.26 Å². The van der Waals surface area contributed by atoms with E-state index in [1.54, 1.807) is 11.5 Å². The van der Waals surface area contributed by atoms with Crippen molar-refractivity contribution in [3.63, 3.8) is 0 Å². The fraction of sp³-hybridized carbons (Fsp3) is 0.875. The lowest BCUT2D eigenvalue weighted by Crippen LogP contribution is -2.57. The number of carbonyl (C=O) groups excluding carboxylic acids is 1. The Morgan fingerprint density at radius 1 is 1.24 bits per heavy atom. The molecule has 1 saturated heterocycles. The van der Waals surface area contributed by atoms with Gasteiger partial charge in [0.05, 0.1) is 6.10 Å². The number of rotatable bonds is 12. The Kier molecular flexibility index (Phi) is 11.7. The molecule has 1 aliphatic heterocycles. The third-order valence-electron chi connectivity index (χ3n) is 6.84. The summed E-state index contributed by atoms with van der Waals surface area (Å²) in [5, 5.41) is 15.4. The van der Waals surface area contributed by atoms with Gasteiger partial charge in [-0.05, 0) is 56.1 Å². The van der Waals surface area contributed by atoms with E-state index >= 15 is 0 Å². The van der Waals surface area contributed by atoms with Crippen molar-refractivity contribution < 1.29 is 14.6 Å². The number of carbonyl (C=O) groups is 1. The monoisotopic (exact) mass is 425 g/mol. The minimum atomic E-state index is -0.214. The molecule has 0 amide bonds. The number of piperidine rings is 1. The standard InChI is InChI=1S/C24H43NO3S/c1-4-10-20(26)13-8-6-5-7-11-19-12-9-14-22-21(19)17-23(18(2)25-22)28-24(27)15-16-29-3/h15-16,18-23,25-26H,4-14,17H2,1-3H3. The Labute approximate surface area is 182 Å². The third-order valence-corrected chi connectivity index (χ3v) is 7.25. The summed E-state index contributed by atoms with van der Waals surface area (Å²) in [6.07, 6.45) is 17.5. The zero-order chi connectivity index (χ0) is 21.1. The van der Waals surface area contributed by atoms with Crippen molar-refractivity contribution >= 4 is 17.7 Å². The predicted molar refractivity (Wildman–Crippen MR) is 123 cm³/mol. The second kappa shape index (κ2) is 13.7. The lowest BCUT2D eigenvalue weighted by molar-refractivity contribution is -0.148. The van der Waals surface area contributed by atoms with Crippen LogP contribution in [0.15, 0.2) is 11.5 Å². The van der Waals surface area contributed by atoms with E-state index in [4.69, 9.17) is 4.74 Å². The van der Waals surface area contributed by atoms with E-state index in [0.717, 1.165) is 38.0 Å². The van der Waals surface area contributed by atoms with Gasteiger partial charge in [0.25, 0.3) is 0 Å². The van der Waals surface area contributed by atoms with Gasteiger partial charge in [-0.15, -0.1) is 11.8 Å². The third kappa shape index (κ3) is 8.63. The van der Waals surface area contributed by atoms with Crippen LogP contribution >= 0.6 is 11.8 Å². The SMILES string of the molecule is CCCC(O)CCCCCCC1CCCC2NC(C)C(OC(=O)C=CSC)CC12. The van der Waals surface area contributed by atoms with Gasteiger partial charge in [0.1, 0.15) is 6.10 Å². The highest BCUT2D eigenvalue weighted by Gasteiger charge is 2.41. The Balaban J connectivity index is 1.75. The lowest BCUT2D eigenvalue weighted by atomic mass is 9.68. The molecule has 2 rings (SSSR count). The fourth-order valence-electron chi connectivity index (χ4n) is 5.28. The maximum atomic E-state index is 12.1. The van der Waals surface area contributed by atoms with Gasteiger partial charge in [-0.25, -0.2) is 4.79 Å². The highest BCUT2D eigenvalue weighted by molar-refractivity contribution is 8.01. The molecule has 2 N–H and O–H groups in total. The minimum absolute atomic E-state index is 0.0177. The summed E-state index contributed by atoms with van der Waals surface area (Å²) in [6.45, 7) is 4.29. The largest absolute Gasteiger partial charge is 0.458 e. The normalized spacial score (nSPS) is 30.8. The molecule has 29 heavy (non-hydrogen) atoms.